The maximum Gasteiger partial charge on any atom is 0.143 e. The molecule has 0 saturated heterocycles. The fraction of sp³-hybridized carbons (Fsp3) is 0. The molecule has 7 aromatic carbocycles. The van der Waals surface area contributed by atoms with E-state index in [4.69, 9.17) is 13.3 Å². The number of hydrogen-bond acceptors (Lipinski definition) is 4. The lowest BCUT2D eigenvalue weighted by atomic mass is 10.0. The Morgan fingerprint density at radius 1 is 0.518 bits per heavy atom. The monoisotopic (exact) mass is 721 g/mol. The third-order valence-electron chi connectivity index (χ3n) is 10.3. The highest BCUT2D eigenvalue weighted by molar-refractivity contribution is 6.16. The van der Waals surface area contributed by atoms with Crippen molar-refractivity contribution in [3.63, 3.8) is 0 Å². The third-order valence-corrected chi connectivity index (χ3v) is 10.3. The van der Waals surface area contributed by atoms with E-state index in [9.17, 15) is 0 Å². The molecule has 0 fully saturated rings. The van der Waals surface area contributed by atoms with Crippen LogP contribution in [-0.4, -0.2) is 0 Å². The third kappa shape index (κ3) is 5.90. The molecule has 10 aromatic rings. The van der Waals surface area contributed by atoms with Crippen molar-refractivity contribution in [1.82, 2.24) is 0 Å². The largest absolute Gasteiger partial charge is 0.457 e. The zero-order valence-corrected chi connectivity index (χ0v) is 30.4. The highest BCUT2D eigenvalue weighted by Crippen LogP contribution is 2.38. The summed E-state index contributed by atoms with van der Waals surface area (Å²) in [7, 11) is 0. The summed E-state index contributed by atoms with van der Waals surface area (Å²) in [5.41, 5.74) is 9.34. The van der Waals surface area contributed by atoms with E-state index in [1.807, 2.05) is 60.7 Å². The first kappa shape index (κ1) is 33.0. The maximum absolute atomic E-state index is 6.73. The summed E-state index contributed by atoms with van der Waals surface area (Å²) in [4.78, 5) is 2.17. The second kappa shape index (κ2) is 14.0. The number of fused-ring (bicyclic) bond motifs is 9. The summed E-state index contributed by atoms with van der Waals surface area (Å²) in [6.07, 6.45) is 16.1. The Hall–Kier alpha value is -7.56. The van der Waals surface area contributed by atoms with Crippen LogP contribution in [0.3, 0.4) is 0 Å². The minimum Gasteiger partial charge on any atom is -0.457 e. The zero-order valence-electron chi connectivity index (χ0n) is 30.4. The van der Waals surface area contributed by atoms with Gasteiger partial charge in [0.2, 0.25) is 0 Å². The molecule has 266 valence electrons. The number of benzene rings is 7. The molecule has 4 nitrogen and oxygen atoms in total. The van der Waals surface area contributed by atoms with E-state index in [2.05, 4.69) is 145 Å². The molecule has 0 unspecified atom stereocenters. The highest BCUT2D eigenvalue weighted by Gasteiger charge is 2.16. The quantitative estimate of drug-likeness (QED) is 0.139. The Labute approximate surface area is 323 Å². The number of rotatable bonds is 9. The molecular formula is C52H35NO3. The molecule has 0 aliphatic rings. The molecular weight excluding hydrogens is 687 g/mol. The van der Waals surface area contributed by atoms with Crippen LogP contribution in [0, 0.1) is 0 Å². The van der Waals surface area contributed by atoms with Gasteiger partial charge in [0.25, 0.3) is 0 Å². The number of anilines is 1. The predicted molar refractivity (Wildman–Crippen MR) is 235 cm³/mol. The molecule has 4 heteroatoms. The van der Waals surface area contributed by atoms with Crippen LogP contribution < -0.4 is 4.90 Å². The van der Waals surface area contributed by atoms with Gasteiger partial charge in [0.15, 0.2) is 0 Å². The van der Waals surface area contributed by atoms with Crippen LogP contribution in [0.5, 0.6) is 0 Å². The first-order valence-electron chi connectivity index (χ1n) is 18.7. The molecule has 3 heterocycles. The fourth-order valence-electron chi connectivity index (χ4n) is 7.65. The number of furan rings is 3. The molecule has 0 spiro atoms. The molecule has 0 atom stereocenters. The van der Waals surface area contributed by atoms with Gasteiger partial charge < -0.3 is 18.2 Å². The van der Waals surface area contributed by atoms with E-state index in [1.54, 1.807) is 6.08 Å². The average molecular weight is 722 g/mol. The van der Waals surface area contributed by atoms with Crippen LogP contribution in [0.4, 0.5) is 5.69 Å². The van der Waals surface area contributed by atoms with Gasteiger partial charge >= 0.3 is 0 Å². The van der Waals surface area contributed by atoms with Crippen LogP contribution in [0.2, 0.25) is 0 Å². The van der Waals surface area contributed by atoms with Crippen molar-refractivity contribution in [3.05, 3.63) is 212 Å². The van der Waals surface area contributed by atoms with Crippen molar-refractivity contribution in [2.75, 3.05) is 4.90 Å². The van der Waals surface area contributed by atoms with Gasteiger partial charge in [0.1, 0.15) is 33.7 Å². The minimum absolute atomic E-state index is 0.790. The van der Waals surface area contributed by atoms with E-state index in [0.717, 1.165) is 99.5 Å². The maximum atomic E-state index is 6.73. The summed E-state index contributed by atoms with van der Waals surface area (Å²) >= 11 is 0. The van der Waals surface area contributed by atoms with Crippen molar-refractivity contribution in [2.24, 2.45) is 0 Å². The Bertz CT molecular complexity index is 3180. The van der Waals surface area contributed by atoms with E-state index in [-0.39, 0.29) is 0 Å². The molecule has 3 aromatic heterocycles. The normalized spacial score (nSPS) is 12.6. The number of para-hydroxylation sites is 4. The zero-order chi connectivity index (χ0) is 37.4. The van der Waals surface area contributed by atoms with E-state index >= 15 is 0 Å². The topological polar surface area (TPSA) is 42.7 Å². The van der Waals surface area contributed by atoms with Gasteiger partial charge in [-0.05, 0) is 71.7 Å². The number of allylic oxidation sites excluding steroid dienone is 5. The van der Waals surface area contributed by atoms with Crippen LogP contribution in [0.15, 0.2) is 214 Å². The molecule has 0 bridgehead atoms. The SMILES string of the molecule is C=C/C=C\C(=C\c1cccc2c1oc1c3ccccc3ccc21)N(/C=C/C=C\c1cc2ccccc2o1)c1ccc(-c2cccc3c2oc2ccccc23)cc1. The first-order valence-corrected chi connectivity index (χ1v) is 18.7. The summed E-state index contributed by atoms with van der Waals surface area (Å²) in [5.74, 6) is 0.790. The summed E-state index contributed by atoms with van der Waals surface area (Å²) in [6, 6.07) is 52.2. The van der Waals surface area contributed by atoms with Gasteiger partial charge in [0.05, 0.1) is 0 Å². The van der Waals surface area contributed by atoms with Gasteiger partial charge in [-0.15, -0.1) is 0 Å². The molecule has 0 amide bonds. The summed E-state index contributed by atoms with van der Waals surface area (Å²) in [5, 5.41) is 7.72. The van der Waals surface area contributed by atoms with Gasteiger partial charge in [-0.3, -0.25) is 0 Å². The van der Waals surface area contributed by atoms with E-state index < -0.39 is 0 Å². The van der Waals surface area contributed by atoms with Gasteiger partial charge in [0, 0.05) is 61.0 Å². The number of hydrogen-bond donors (Lipinski definition) is 0. The Morgan fingerprint density at radius 2 is 1.23 bits per heavy atom. The molecule has 10 rings (SSSR count). The van der Waals surface area contributed by atoms with Crippen LogP contribution >= 0.6 is 0 Å². The van der Waals surface area contributed by atoms with Crippen LogP contribution in [0.1, 0.15) is 11.3 Å². The smallest absolute Gasteiger partial charge is 0.143 e. The lowest BCUT2D eigenvalue weighted by Crippen LogP contribution is -2.14. The Kier molecular flexibility index (Phi) is 8.27. The van der Waals surface area contributed by atoms with Crippen molar-refractivity contribution >= 4 is 83.5 Å². The summed E-state index contributed by atoms with van der Waals surface area (Å²) in [6.45, 7) is 3.99. The molecule has 0 N–H and O–H groups in total. The predicted octanol–water partition coefficient (Wildman–Crippen LogP) is 14.9. The van der Waals surface area contributed by atoms with Crippen LogP contribution in [0.25, 0.3) is 88.9 Å². The molecule has 0 radical (unpaired) electrons. The lowest BCUT2D eigenvalue weighted by Gasteiger charge is -2.22. The minimum atomic E-state index is 0.790. The van der Waals surface area contributed by atoms with Crippen molar-refractivity contribution in [1.29, 1.82) is 0 Å². The van der Waals surface area contributed by atoms with Crippen molar-refractivity contribution < 1.29 is 13.3 Å². The molecule has 0 aliphatic carbocycles. The Morgan fingerprint density at radius 3 is 2.07 bits per heavy atom. The first-order chi connectivity index (χ1) is 27.7. The second-order valence-electron chi connectivity index (χ2n) is 13.7. The average Bonchev–Trinajstić information content (AvgIpc) is 3.96. The standard InChI is InChI=1S/C52H35NO3/c1-2-3-17-40(33-38-16-12-22-46-47-31-28-35-14-4-6-19-42(35)52(47)56-50(38)46)53(32-11-10-18-41-34-37-15-5-8-24-48(37)54-41)39-29-26-36(27-30-39)43-21-13-23-45-44-20-7-9-25-49(44)55-51(43)45/h2-34H,1H2/b17-3-,18-10-,32-11+,40-33-. The van der Waals surface area contributed by atoms with Gasteiger partial charge in [-0.1, -0.05) is 140 Å². The Balaban J connectivity index is 1.09. The highest BCUT2D eigenvalue weighted by atomic mass is 16.3. The van der Waals surface area contributed by atoms with Gasteiger partial charge in [-0.25, -0.2) is 0 Å². The van der Waals surface area contributed by atoms with E-state index in [0.29, 0.717) is 0 Å². The van der Waals surface area contributed by atoms with Gasteiger partial charge in [-0.2, -0.15) is 0 Å². The fourth-order valence-corrected chi connectivity index (χ4v) is 7.65. The van der Waals surface area contributed by atoms with Crippen molar-refractivity contribution in [3.8, 4) is 11.1 Å². The number of nitrogens with zero attached hydrogens (tertiary/aromatic N) is 1. The van der Waals surface area contributed by atoms with Crippen LogP contribution in [-0.2, 0) is 0 Å². The molecule has 56 heavy (non-hydrogen) atoms. The second-order valence-corrected chi connectivity index (χ2v) is 13.7. The lowest BCUT2D eigenvalue weighted by molar-refractivity contribution is 0.604. The summed E-state index contributed by atoms with van der Waals surface area (Å²) < 4.78 is 19.2. The molecule has 0 saturated carbocycles. The van der Waals surface area contributed by atoms with Crippen molar-refractivity contribution in [2.45, 2.75) is 0 Å². The molecule has 0 aliphatic heterocycles. The van der Waals surface area contributed by atoms with E-state index in [1.165, 1.54) is 0 Å².